The highest BCUT2D eigenvalue weighted by Gasteiger charge is 2.22. The van der Waals surface area contributed by atoms with Gasteiger partial charge in [0, 0.05) is 12.0 Å². The number of rotatable bonds is 12. The minimum Gasteiger partial charge on any atom is -0.493 e. The Labute approximate surface area is 199 Å². The molecule has 2 aromatic carbocycles. The lowest BCUT2D eigenvalue weighted by Gasteiger charge is -2.09. The Morgan fingerprint density at radius 3 is 2.62 bits per heavy atom. The molecular weight excluding hydrogens is 432 g/mol. The van der Waals surface area contributed by atoms with Gasteiger partial charge in [-0.3, -0.25) is 10.3 Å². The zero-order valence-corrected chi connectivity index (χ0v) is 19.6. The average Bonchev–Trinajstić information content (AvgIpc) is 3.63. The Kier molecular flexibility index (Phi) is 7.99. The molecule has 1 aliphatic rings. The number of ether oxygens (including phenoxy) is 2. The van der Waals surface area contributed by atoms with E-state index in [0.29, 0.717) is 43.6 Å². The molecule has 0 bridgehead atoms. The quantitative estimate of drug-likeness (QED) is 0.235. The van der Waals surface area contributed by atoms with Gasteiger partial charge in [0.05, 0.1) is 26.0 Å². The fourth-order valence-electron chi connectivity index (χ4n) is 3.37. The van der Waals surface area contributed by atoms with E-state index >= 15 is 0 Å². The van der Waals surface area contributed by atoms with E-state index in [1.54, 1.807) is 6.08 Å². The predicted molar refractivity (Wildman–Crippen MR) is 128 cm³/mol. The number of benzene rings is 2. The molecule has 4 rings (SSSR count). The average molecular weight is 463 g/mol. The number of hydroxylamine groups is 1. The van der Waals surface area contributed by atoms with Gasteiger partial charge in [0.1, 0.15) is 17.2 Å². The third kappa shape index (κ3) is 6.71. The number of aryl methyl sites for hydroxylation is 1. The second-order valence-corrected chi connectivity index (χ2v) is 8.30. The molecular formula is C27H30N2O5. The van der Waals surface area contributed by atoms with Crippen molar-refractivity contribution in [3.05, 3.63) is 83.4 Å². The molecule has 1 aromatic heterocycles. The van der Waals surface area contributed by atoms with Crippen LogP contribution in [0.5, 0.6) is 5.75 Å². The van der Waals surface area contributed by atoms with Crippen LogP contribution in [-0.4, -0.2) is 31.3 Å². The van der Waals surface area contributed by atoms with Gasteiger partial charge in [0.25, 0.3) is 0 Å². The lowest BCUT2D eigenvalue weighted by Crippen LogP contribution is -2.23. The van der Waals surface area contributed by atoms with Crippen molar-refractivity contribution in [1.82, 2.24) is 10.5 Å². The number of carbonyl (C=O) groups excluding carboxylic acids is 1. The summed E-state index contributed by atoms with van der Waals surface area (Å²) in [5.41, 5.74) is 5.93. The number of oxazole rings is 1. The van der Waals surface area contributed by atoms with E-state index in [1.165, 1.54) is 20.0 Å². The van der Waals surface area contributed by atoms with Crippen LogP contribution in [0.25, 0.3) is 11.5 Å². The summed E-state index contributed by atoms with van der Waals surface area (Å²) < 4.78 is 16.5. The fraction of sp³-hybridized carbons (Fsp3) is 0.333. The second-order valence-electron chi connectivity index (χ2n) is 8.30. The van der Waals surface area contributed by atoms with Gasteiger partial charge < -0.3 is 13.9 Å². The zero-order chi connectivity index (χ0) is 23.8. The third-order valence-electron chi connectivity index (χ3n) is 5.59. The molecule has 3 aromatic rings. The molecule has 0 spiro atoms. The highest BCUT2D eigenvalue weighted by atomic mass is 16.6. The van der Waals surface area contributed by atoms with E-state index in [-0.39, 0.29) is 0 Å². The van der Waals surface area contributed by atoms with E-state index in [9.17, 15) is 4.79 Å². The Morgan fingerprint density at radius 1 is 1.15 bits per heavy atom. The fourth-order valence-corrected chi connectivity index (χ4v) is 3.37. The van der Waals surface area contributed by atoms with Crippen LogP contribution in [0.3, 0.4) is 0 Å². The Morgan fingerprint density at radius 2 is 1.91 bits per heavy atom. The van der Waals surface area contributed by atoms with Crippen LogP contribution in [0, 0.1) is 12.8 Å². The highest BCUT2D eigenvalue weighted by molar-refractivity contribution is 5.87. The first-order valence-corrected chi connectivity index (χ1v) is 11.5. The van der Waals surface area contributed by atoms with E-state index in [1.807, 2.05) is 61.5 Å². The lowest BCUT2D eigenvalue weighted by molar-refractivity contribution is -0.138. The van der Waals surface area contributed by atoms with Crippen LogP contribution < -0.4 is 10.2 Å². The first-order chi connectivity index (χ1) is 16.6. The van der Waals surface area contributed by atoms with Crippen molar-refractivity contribution in [1.29, 1.82) is 0 Å². The molecule has 1 heterocycles. The minimum atomic E-state index is -0.450. The summed E-state index contributed by atoms with van der Waals surface area (Å²) in [6.45, 7) is 3.02. The smallest absolute Gasteiger partial charge is 0.356 e. The minimum absolute atomic E-state index is 0.307. The second kappa shape index (κ2) is 11.5. The molecule has 0 amide bonds. The SMILES string of the molecule is COC(=O)C(=CCc1ccc(OCCc2nc(-c3ccccc3)oc2C)cc1)NOCC1CC1. The highest BCUT2D eigenvalue weighted by Crippen LogP contribution is 2.28. The van der Waals surface area contributed by atoms with Gasteiger partial charge in [0.2, 0.25) is 5.89 Å². The van der Waals surface area contributed by atoms with Crippen molar-refractivity contribution >= 4 is 5.97 Å². The molecule has 1 N–H and O–H groups in total. The lowest BCUT2D eigenvalue weighted by atomic mass is 10.1. The first-order valence-electron chi connectivity index (χ1n) is 11.5. The van der Waals surface area contributed by atoms with Gasteiger partial charge in [0.15, 0.2) is 0 Å². The van der Waals surface area contributed by atoms with Gasteiger partial charge in [-0.05, 0) is 68.0 Å². The van der Waals surface area contributed by atoms with Crippen LogP contribution in [0.4, 0.5) is 0 Å². The number of nitrogens with zero attached hydrogens (tertiary/aromatic N) is 1. The molecule has 1 saturated carbocycles. The number of nitrogens with one attached hydrogen (secondary N) is 1. The molecule has 0 atom stereocenters. The molecule has 34 heavy (non-hydrogen) atoms. The molecule has 0 saturated heterocycles. The summed E-state index contributed by atoms with van der Waals surface area (Å²) in [6, 6.07) is 17.6. The van der Waals surface area contributed by atoms with Crippen LogP contribution in [0.1, 0.15) is 29.9 Å². The van der Waals surface area contributed by atoms with Crippen molar-refractivity contribution in [2.45, 2.75) is 32.6 Å². The maximum atomic E-state index is 12.0. The third-order valence-corrected chi connectivity index (χ3v) is 5.59. The van der Waals surface area contributed by atoms with E-state index in [2.05, 4.69) is 10.5 Å². The number of methoxy groups -OCH3 is 1. The monoisotopic (exact) mass is 462 g/mol. The summed E-state index contributed by atoms with van der Waals surface area (Å²) in [7, 11) is 1.36. The van der Waals surface area contributed by atoms with Crippen molar-refractivity contribution in [2.75, 3.05) is 20.3 Å². The Hall–Kier alpha value is -3.58. The van der Waals surface area contributed by atoms with Crippen LogP contribution in [-0.2, 0) is 27.2 Å². The van der Waals surface area contributed by atoms with Gasteiger partial charge in [-0.2, -0.15) is 0 Å². The molecule has 0 unspecified atom stereocenters. The summed E-state index contributed by atoms with van der Waals surface area (Å²) >= 11 is 0. The summed E-state index contributed by atoms with van der Waals surface area (Å²) in [5.74, 6) is 2.36. The number of aromatic nitrogens is 1. The zero-order valence-electron chi connectivity index (χ0n) is 19.6. The summed E-state index contributed by atoms with van der Waals surface area (Å²) in [5, 5.41) is 0. The number of esters is 1. The topological polar surface area (TPSA) is 82.8 Å². The standard InChI is InChI=1S/C27H30N2O5/c1-19-24(28-26(34-19)22-6-4-3-5-7-22)16-17-32-23-13-10-20(11-14-23)12-15-25(27(30)31-2)29-33-18-21-8-9-21/h3-7,10-11,13-15,21,29H,8-9,12,16-18H2,1-2H3. The normalized spacial score (nSPS) is 13.5. The number of carbonyl (C=O) groups is 1. The maximum Gasteiger partial charge on any atom is 0.356 e. The molecule has 0 aliphatic heterocycles. The van der Waals surface area contributed by atoms with Crippen molar-refractivity contribution in [3.63, 3.8) is 0 Å². The molecule has 7 heteroatoms. The maximum absolute atomic E-state index is 12.0. The van der Waals surface area contributed by atoms with E-state index in [0.717, 1.165) is 28.3 Å². The van der Waals surface area contributed by atoms with Crippen LogP contribution in [0.15, 0.2) is 70.8 Å². The number of allylic oxidation sites excluding steroid dienone is 1. The van der Waals surface area contributed by atoms with Crippen LogP contribution >= 0.6 is 0 Å². The van der Waals surface area contributed by atoms with Gasteiger partial charge >= 0.3 is 5.97 Å². The number of hydrogen-bond donors (Lipinski definition) is 1. The number of hydrogen-bond acceptors (Lipinski definition) is 7. The summed E-state index contributed by atoms with van der Waals surface area (Å²) in [6.07, 6.45) is 5.35. The largest absolute Gasteiger partial charge is 0.493 e. The van der Waals surface area contributed by atoms with Crippen LogP contribution in [0.2, 0.25) is 0 Å². The molecule has 7 nitrogen and oxygen atoms in total. The molecule has 1 aliphatic carbocycles. The van der Waals surface area contributed by atoms with Gasteiger partial charge in [-0.1, -0.05) is 30.3 Å². The van der Waals surface area contributed by atoms with E-state index in [4.69, 9.17) is 18.7 Å². The van der Waals surface area contributed by atoms with E-state index < -0.39 is 5.97 Å². The molecule has 0 radical (unpaired) electrons. The van der Waals surface area contributed by atoms with Gasteiger partial charge in [-0.15, -0.1) is 0 Å². The Bertz CT molecular complexity index is 1100. The summed E-state index contributed by atoms with van der Waals surface area (Å²) in [4.78, 5) is 22.0. The molecule has 178 valence electrons. The first kappa shape index (κ1) is 23.6. The predicted octanol–water partition coefficient (Wildman–Crippen LogP) is 4.80. The van der Waals surface area contributed by atoms with Crippen molar-refractivity contribution < 1.29 is 23.5 Å². The van der Waals surface area contributed by atoms with Gasteiger partial charge in [-0.25, -0.2) is 9.78 Å². The molecule has 1 fully saturated rings. The Balaban J connectivity index is 1.26. The van der Waals surface area contributed by atoms with Crippen molar-refractivity contribution in [3.8, 4) is 17.2 Å². The van der Waals surface area contributed by atoms with Crippen molar-refractivity contribution in [2.24, 2.45) is 5.92 Å².